The first kappa shape index (κ1) is 12.4. The number of pyridine rings is 1. The first-order chi connectivity index (χ1) is 7.74. The van der Waals surface area contributed by atoms with Crippen molar-refractivity contribution in [2.45, 2.75) is 6.92 Å². The summed E-state index contributed by atoms with van der Waals surface area (Å²) in [6.07, 6.45) is 4.04. The van der Waals surface area contributed by atoms with Crippen molar-refractivity contribution in [2.24, 2.45) is 7.05 Å². The van der Waals surface area contributed by atoms with Crippen molar-refractivity contribution >= 4 is 16.3 Å². The van der Waals surface area contributed by atoms with Gasteiger partial charge in [-0.25, -0.2) is 4.57 Å². The topological polar surface area (TPSA) is 47.0 Å². The maximum Gasteiger partial charge on any atom is 0.234 e. The Morgan fingerprint density at radius 1 is 1.35 bits per heavy atom. The van der Waals surface area contributed by atoms with E-state index in [-0.39, 0.29) is 24.0 Å². The maximum absolute atomic E-state index is 4.48. The van der Waals surface area contributed by atoms with Crippen LogP contribution in [0.25, 0.3) is 15.5 Å². The molecule has 0 aromatic carbocycles. The van der Waals surface area contributed by atoms with Crippen LogP contribution in [-0.2, 0) is 7.05 Å². The first-order valence-electron chi connectivity index (χ1n) is 4.88. The van der Waals surface area contributed by atoms with E-state index < -0.39 is 0 Å². The second-order valence-electron chi connectivity index (χ2n) is 3.61. The third-order valence-electron chi connectivity index (χ3n) is 2.33. The SMILES string of the molecule is Cc1nnc2sc(-c3ccc[n+](C)c3)nn12.[I-]. The normalized spacial score (nSPS) is 10.5. The van der Waals surface area contributed by atoms with Crippen LogP contribution in [0.4, 0.5) is 0 Å². The Labute approximate surface area is 119 Å². The Balaban J connectivity index is 0.00000108. The van der Waals surface area contributed by atoms with Gasteiger partial charge in [-0.15, -0.1) is 10.2 Å². The lowest BCUT2D eigenvalue weighted by Gasteiger charge is -1.91. The molecule has 0 aliphatic heterocycles. The Morgan fingerprint density at radius 2 is 2.18 bits per heavy atom. The van der Waals surface area contributed by atoms with Gasteiger partial charge in [0.15, 0.2) is 23.2 Å². The molecule has 0 aliphatic carbocycles. The standard InChI is InChI=1S/C10H10N5S.HI/c1-7-11-12-10-15(7)13-9(16-10)8-4-3-5-14(2)6-8;/h3-6H,1-2H3;1H/q+1;/p-1. The van der Waals surface area contributed by atoms with Crippen LogP contribution in [0.5, 0.6) is 0 Å². The summed E-state index contributed by atoms with van der Waals surface area (Å²) in [5, 5.41) is 13.5. The van der Waals surface area contributed by atoms with E-state index in [1.807, 2.05) is 43.1 Å². The molecule has 88 valence electrons. The van der Waals surface area contributed by atoms with Crippen LogP contribution < -0.4 is 28.5 Å². The molecule has 3 aromatic heterocycles. The van der Waals surface area contributed by atoms with Crippen LogP contribution >= 0.6 is 11.3 Å². The van der Waals surface area contributed by atoms with Crippen molar-refractivity contribution in [3.63, 3.8) is 0 Å². The highest BCUT2D eigenvalue weighted by Gasteiger charge is 2.11. The molecule has 0 saturated heterocycles. The number of hydrogen-bond acceptors (Lipinski definition) is 4. The van der Waals surface area contributed by atoms with Crippen LogP contribution in [0.3, 0.4) is 0 Å². The summed E-state index contributed by atoms with van der Waals surface area (Å²) in [6, 6.07) is 4.05. The molecule has 3 heterocycles. The van der Waals surface area contributed by atoms with Gasteiger partial charge in [-0.1, -0.05) is 11.3 Å². The molecule has 0 bridgehead atoms. The summed E-state index contributed by atoms with van der Waals surface area (Å²) in [5.41, 5.74) is 1.10. The summed E-state index contributed by atoms with van der Waals surface area (Å²) in [7, 11) is 2.00. The van der Waals surface area contributed by atoms with Gasteiger partial charge in [0, 0.05) is 6.07 Å². The first-order valence-corrected chi connectivity index (χ1v) is 5.70. The summed E-state index contributed by atoms with van der Waals surface area (Å²) in [6.45, 7) is 1.90. The molecule has 0 unspecified atom stereocenters. The zero-order valence-electron chi connectivity index (χ0n) is 9.33. The lowest BCUT2D eigenvalue weighted by atomic mass is 10.3. The minimum atomic E-state index is 0. The quantitative estimate of drug-likeness (QED) is 0.373. The van der Waals surface area contributed by atoms with E-state index in [2.05, 4.69) is 15.3 Å². The van der Waals surface area contributed by atoms with Crippen molar-refractivity contribution < 1.29 is 28.5 Å². The number of nitrogens with zero attached hydrogens (tertiary/aromatic N) is 5. The van der Waals surface area contributed by atoms with E-state index in [1.165, 1.54) is 0 Å². The molecule has 0 atom stereocenters. The van der Waals surface area contributed by atoms with Crippen LogP contribution in [0.2, 0.25) is 0 Å². The smallest absolute Gasteiger partial charge is 0.234 e. The molecule has 0 spiro atoms. The lowest BCUT2D eigenvalue weighted by molar-refractivity contribution is -0.671. The molecule has 0 radical (unpaired) electrons. The summed E-state index contributed by atoms with van der Waals surface area (Å²) < 4.78 is 3.78. The van der Waals surface area contributed by atoms with Crippen molar-refractivity contribution in [3.8, 4) is 10.6 Å². The van der Waals surface area contributed by atoms with Crippen molar-refractivity contribution in [1.29, 1.82) is 0 Å². The molecule has 3 aromatic rings. The predicted molar refractivity (Wildman–Crippen MR) is 60.0 cm³/mol. The van der Waals surface area contributed by atoms with E-state index in [1.54, 1.807) is 15.9 Å². The largest absolute Gasteiger partial charge is 1.00 e. The van der Waals surface area contributed by atoms with Crippen LogP contribution in [0, 0.1) is 6.92 Å². The molecule has 0 saturated carbocycles. The van der Waals surface area contributed by atoms with E-state index in [4.69, 9.17) is 0 Å². The van der Waals surface area contributed by atoms with E-state index >= 15 is 0 Å². The number of aryl methyl sites for hydroxylation is 2. The molecular formula is C10H10IN5S. The fourth-order valence-corrected chi connectivity index (χ4v) is 2.42. The zero-order valence-corrected chi connectivity index (χ0v) is 12.3. The predicted octanol–water partition coefficient (Wildman–Crippen LogP) is -2.01. The molecule has 17 heavy (non-hydrogen) atoms. The molecule has 0 amide bonds. The third-order valence-corrected chi connectivity index (χ3v) is 3.28. The molecule has 3 rings (SSSR count). The Bertz CT molecular complexity index is 660. The second-order valence-corrected chi connectivity index (χ2v) is 4.56. The molecule has 7 heteroatoms. The Hall–Kier alpha value is -1.09. The van der Waals surface area contributed by atoms with Gasteiger partial charge in [0.05, 0.1) is 5.56 Å². The molecule has 0 N–H and O–H groups in total. The average Bonchev–Trinajstić information content (AvgIpc) is 2.81. The fourth-order valence-electron chi connectivity index (χ4n) is 1.55. The molecular weight excluding hydrogens is 349 g/mol. The molecule has 5 nitrogen and oxygen atoms in total. The lowest BCUT2D eigenvalue weighted by Crippen LogP contribution is -3.00. The summed E-state index contributed by atoms with van der Waals surface area (Å²) in [5.74, 6) is 0.817. The van der Waals surface area contributed by atoms with Crippen molar-refractivity contribution in [2.75, 3.05) is 0 Å². The van der Waals surface area contributed by atoms with Crippen LogP contribution in [0.1, 0.15) is 5.82 Å². The van der Waals surface area contributed by atoms with Crippen LogP contribution in [-0.4, -0.2) is 19.8 Å². The monoisotopic (exact) mass is 359 g/mol. The highest BCUT2D eigenvalue weighted by Crippen LogP contribution is 2.23. The number of aromatic nitrogens is 5. The number of rotatable bonds is 1. The zero-order chi connectivity index (χ0) is 11.1. The van der Waals surface area contributed by atoms with E-state index in [9.17, 15) is 0 Å². The molecule has 0 aliphatic rings. The van der Waals surface area contributed by atoms with Crippen molar-refractivity contribution in [3.05, 3.63) is 30.4 Å². The number of halogens is 1. The van der Waals surface area contributed by atoms with Crippen LogP contribution in [0.15, 0.2) is 24.5 Å². The van der Waals surface area contributed by atoms with Gasteiger partial charge >= 0.3 is 0 Å². The van der Waals surface area contributed by atoms with Crippen molar-refractivity contribution in [1.82, 2.24) is 19.8 Å². The average molecular weight is 359 g/mol. The van der Waals surface area contributed by atoms with Gasteiger partial charge in [-0.2, -0.15) is 9.61 Å². The van der Waals surface area contributed by atoms with E-state index in [0.717, 1.165) is 21.4 Å². The minimum absolute atomic E-state index is 0. The van der Waals surface area contributed by atoms with Gasteiger partial charge in [0.2, 0.25) is 4.96 Å². The minimum Gasteiger partial charge on any atom is -1.00 e. The van der Waals surface area contributed by atoms with Gasteiger partial charge in [-0.3, -0.25) is 0 Å². The maximum atomic E-state index is 4.48. The summed E-state index contributed by atoms with van der Waals surface area (Å²) >= 11 is 1.54. The van der Waals surface area contributed by atoms with Gasteiger partial charge < -0.3 is 24.0 Å². The highest BCUT2D eigenvalue weighted by atomic mass is 127. The third kappa shape index (κ3) is 2.16. The molecule has 0 fully saturated rings. The van der Waals surface area contributed by atoms with Gasteiger partial charge in [0.1, 0.15) is 7.05 Å². The highest BCUT2D eigenvalue weighted by molar-refractivity contribution is 7.19. The number of fused-ring (bicyclic) bond motifs is 1. The second kappa shape index (κ2) is 4.65. The fraction of sp³-hybridized carbons (Fsp3) is 0.200. The van der Waals surface area contributed by atoms with Gasteiger partial charge in [0.25, 0.3) is 0 Å². The Kier molecular flexibility index (Phi) is 3.38. The van der Waals surface area contributed by atoms with Gasteiger partial charge in [-0.05, 0) is 13.0 Å². The Morgan fingerprint density at radius 3 is 2.88 bits per heavy atom. The summed E-state index contributed by atoms with van der Waals surface area (Å²) in [4.78, 5) is 0.832. The van der Waals surface area contributed by atoms with E-state index in [0.29, 0.717) is 0 Å². The number of hydrogen-bond donors (Lipinski definition) is 0.